The summed E-state index contributed by atoms with van der Waals surface area (Å²) in [6.07, 6.45) is 1.60. The zero-order valence-corrected chi connectivity index (χ0v) is 7.31. The molecule has 2 nitrogen and oxygen atoms in total. The van der Waals surface area contributed by atoms with Crippen LogP contribution in [0.5, 0.6) is 0 Å². The Bertz CT molecular complexity index is 82.5. The SMILES string of the molecule is CCCC(=O)N(C)I. The molecule has 0 bridgehead atoms. The molecule has 0 spiro atoms. The topological polar surface area (TPSA) is 20.3 Å². The third kappa shape index (κ3) is 3.23. The highest BCUT2D eigenvalue weighted by Crippen LogP contribution is 1.98. The van der Waals surface area contributed by atoms with E-state index in [0.29, 0.717) is 6.42 Å². The molecule has 0 saturated heterocycles. The summed E-state index contributed by atoms with van der Waals surface area (Å²) in [5.74, 6) is 0.202. The van der Waals surface area contributed by atoms with Gasteiger partial charge in [-0.15, -0.1) is 0 Å². The van der Waals surface area contributed by atoms with E-state index in [1.54, 1.807) is 10.2 Å². The molecule has 48 valence electrons. The number of carbonyl (C=O) groups excluding carboxylic acids is 1. The zero-order valence-electron chi connectivity index (χ0n) is 5.15. The fraction of sp³-hybridized carbons (Fsp3) is 0.800. The van der Waals surface area contributed by atoms with Crippen LogP contribution in [-0.4, -0.2) is 16.1 Å². The molecular weight excluding hydrogens is 217 g/mol. The molecule has 0 aliphatic rings. The van der Waals surface area contributed by atoms with Crippen molar-refractivity contribution < 1.29 is 4.79 Å². The fourth-order valence-electron chi connectivity index (χ4n) is 0.368. The Morgan fingerprint density at radius 1 is 1.75 bits per heavy atom. The molecule has 0 rings (SSSR count). The summed E-state index contributed by atoms with van der Waals surface area (Å²) < 4.78 is 1.58. The molecule has 0 radical (unpaired) electrons. The maximum Gasteiger partial charge on any atom is 0.230 e. The lowest BCUT2D eigenvalue weighted by atomic mass is 10.3. The lowest BCUT2D eigenvalue weighted by molar-refractivity contribution is -0.124. The van der Waals surface area contributed by atoms with Crippen molar-refractivity contribution >= 4 is 28.8 Å². The molecule has 0 aliphatic heterocycles. The van der Waals surface area contributed by atoms with Crippen molar-refractivity contribution in [3.63, 3.8) is 0 Å². The average molecular weight is 227 g/mol. The van der Waals surface area contributed by atoms with Gasteiger partial charge in [0.05, 0.1) is 22.9 Å². The van der Waals surface area contributed by atoms with E-state index in [4.69, 9.17) is 0 Å². The molecule has 8 heavy (non-hydrogen) atoms. The second-order valence-corrected chi connectivity index (χ2v) is 3.07. The van der Waals surface area contributed by atoms with E-state index < -0.39 is 0 Å². The Balaban J connectivity index is 3.33. The number of amides is 1. The smallest absolute Gasteiger partial charge is 0.230 e. The monoisotopic (exact) mass is 227 g/mol. The van der Waals surface area contributed by atoms with E-state index in [1.807, 2.05) is 29.8 Å². The Hall–Kier alpha value is 0.200. The number of halogens is 1. The number of hydrogen-bond acceptors (Lipinski definition) is 1. The van der Waals surface area contributed by atoms with Gasteiger partial charge in [-0.3, -0.25) is 7.91 Å². The van der Waals surface area contributed by atoms with E-state index in [0.717, 1.165) is 6.42 Å². The third-order valence-corrected chi connectivity index (χ3v) is 1.35. The normalized spacial score (nSPS) is 8.88. The van der Waals surface area contributed by atoms with Crippen molar-refractivity contribution in [3.05, 3.63) is 0 Å². The molecule has 0 fully saturated rings. The first-order chi connectivity index (χ1) is 3.68. The van der Waals surface area contributed by atoms with Gasteiger partial charge in [-0.05, 0) is 6.42 Å². The van der Waals surface area contributed by atoms with E-state index in [1.165, 1.54) is 0 Å². The van der Waals surface area contributed by atoms with Crippen LogP contribution in [-0.2, 0) is 4.79 Å². The van der Waals surface area contributed by atoms with Crippen LogP contribution >= 0.6 is 22.9 Å². The Kier molecular flexibility index (Phi) is 4.22. The summed E-state index contributed by atoms with van der Waals surface area (Å²) in [4.78, 5) is 10.7. The van der Waals surface area contributed by atoms with Crippen molar-refractivity contribution in [1.29, 1.82) is 0 Å². The highest BCUT2D eigenvalue weighted by molar-refractivity contribution is 14.1. The molecular formula is C5H10INO. The van der Waals surface area contributed by atoms with Gasteiger partial charge in [-0.2, -0.15) is 0 Å². The zero-order chi connectivity index (χ0) is 6.57. The maximum absolute atomic E-state index is 10.7. The quantitative estimate of drug-likeness (QED) is 0.518. The molecule has 3 heteroatoms. The summed E-state index contributed by atoms with van der Waals surface area (Å²) in [6.45, 7) is 2.00. The van der Waals surface area contributed by atoms with Gasteiger partial charge >= 0.3 is 0 Å². The van der Waals surface area contributed by atoms with Gasteiger partial charge in [0.1, 0.15) is 0 Å². The van der Waals surface area contributed by atoms with E-state index in [-0.39, 0.29) is 5.91 Å². The lowest BCUT2D eigenvalue weighted by Gasteiger charge is -2.04. The number of rotatable bonds is 2. The van der Waals surface area contributed by atoms with Crippen LogP contribution in [0.25, 0.3) is 0 Å². The number of hydrogen-bond donors (Lipinski definition) is 0. The number of carbonyl (C=O) groups is 1. The fourth-order valence-corrected chi connectivity index (χ4v) is 0.609. The van der Waals surface area contributed by atoms with E-state index in [9.17, 15) is 4.79 Å². The summed E-state index contributed by atoms with van der Waals surface area (Å²) in [5, 5.41) is 0. The Morgan fingerprint density at radius 2 is 2.25 bits per heavy atom. The van der Waals surface area contributed by atoms with Crippen molar-refractivity contribution in [2.24, 2.45) is 0 Å². The van der Waals surface area contributed by atoms with Gasteiger partial charge in [-0.25, -0.2) is 0 Å². The second-order valence-electron chi connectivity index (χ2n) is 1.62. The van der Waals surface area contributed by atoms with E-state index in [2.05, 4.69) is 0 Å². The summed E-state index contributed by atoms with van der Waals surface area (Å²) in [7, 11) is 1.76. The van der Waals surface area contributed by atoms with Crippen molar-refractivity contribution in [2.75, 3.05) is 7.05 Å². The summed E-state index contributed by atoms with van der Waals surface area (Å²) in [5.41, 5.74) is 0. The van der Waals surface area contributed by atoms with Crippen LogP contribution in [0.15, 0.2) is 0 Å². The van der Waals surface area contributed by atoms with Crippen molar-refractivity contribution in [3.8, 4) is 0 Å². The van der Waals surface area contributed by atoms with Crippen LogP contribution in [0.3, 0.4) is 0 Å². The minimum absolute atomic E-state index is 0.202. The van der Waals surface area contributed by atoms with Crippen molar-refractivity contribution in [2.45, 2.75) is 19.8 Å². The molecule has 0 atom stereocenters. The van der Waals surface area contributed by atoms with Gasteiger partial charge in [0.15, 0.2) is 0 Å². The lowest BCUT2D eigenvalue weighted by Crippen LogP contribution is -2.14. The van der Waals surface area contributed by atoms with Crippen LogP contribution in [0.4, 0.5) is 0 Å². The Morgan fingerprint density at radius 3 is 2.38 bits per heavy atom. The standard InChI is InChI=1S/C5H10INO/c1-3-4-5(8)7(2)6/h3-4H2,1-2H3. The highest BCUT2D eigenvalue weighted by Gasteiger charge is 2.00. The summed E-state index contributed by atoms with van der Waals surface area (Å²) >= 11 is 1.98. The molecule has 0 aliphatic carbocycles. The Labute approximate surface area is 63.7 Å². The van der Waals surface area contributed by atoms with Gasteiger partial charge < -0.3 is 0 Å². The minimum atomic E-state index is 0.202. The average Bonchev–Trinajstić information content (AvgIpc) is 1.67. The van der Waals surface area contributed by atoms with Crippen LogP contribution in [0.1, 0.15) is 19.8 Å². The molecule has 0 aromatic carbocycles. The van der Waals surface area contributed by atoms with Gasteiger partial charge in [0.2, 0.25) is 5.91 Å². The summed E-state index contributed by atoms with van der Waals surface area (Å²) in [6, 6.07) is 0. The molecule has 0 heterocycles. The first kappa shape index (κ1) is 8.20. The van der Waals surface area contributed by atoms with Crippen LogP contribution in [0.2, 0.25) is 0 Å². The number of nitrogens with zero attached hydrogens (tertiary/aromatic N) is 1. The molecule has 0 N–H and O–H groups in total. The first-order valence-corrected chi connectivity index (χ1v) is 3.57. The molecule has 0 aromatic rings. The predicted octanol–water partition coefficient (Wildman–Crippen LogP) is 1.59. The van der Waals surface area contributed by atoms with Gasteiger partial charge in [0.25, 0.3) is 0 Å². The largest absolute Gasteiger partial charge is 0.288 e. The third-order valence-electron chi connectivity index (χ3n) is 0.808. The van der Waals surface area contributed by atoms with Crippen LogP contribution in [0, 0.1) is 0 Å². The second kappa shape index (κ2) is 4.12. The first-order valence-electron chi connectivity index (χ1n) is 2.60. The molecule has 1 amide bonds. The maximum atomic E-state index is 10.7. The van der Waals surface area contributed by atoms with Gasteiger partial charge in [-0.1, -0.05) is 6.92 Å². The minimum Gasteiger partial charge on any atom is -0.288 e. The van der Waals surface area contributed by atoms with Gasteiger partial charge in [0, 0.05) is 13.5 Å². The molecule has 0 saturated carbocycles. The molecule has 0 unspecified atom stereocenters. The molecule has 0 aromatic heterocycles. The van der Waals surface area contributed by atoms with Crippen molar-refractivity contribution in [1.82, 2.24) is 3.11 Å². The highest BCUT2D eigenvalue weighted by atomic mass is 127. The van der Waals surface area contributed by atoms with Crippen LogP contribution < -0.4 is 0 Å². The predicted molar refractivity (Wildman–Crippen MR) is 41.7 cm³/mol. The van der Waals surface area contributed by atoms with E-state index >= 15 is 0 Å².